The molecule has 0 spiro atoms. The second-order valence-electron chi connectivity index (χ2n) is 2.38. The van der Waals surface area contributed by atoms with Crippen molar-refractivity contribution in [2.75, 3.05) is 13.1 Å². The van der Waals surface area contributed by atoms with Crippen LogP contribution in [0.3, 0.4) is 0 Å². The number of thiophene rings is 1. The molecule has 1 nitrogen and oxygen atoms in total. The van der Waals surface area contributed by atoms with Gasteiger partial charge in [-0.15, -0.1) is 11.3 Å². The van der Waals surface area contributed by atoms with E-state index in [1.165, 1.54) is 4.88 Å². The highest BCUT2D eigenvalue weighted by atomic mass is 79.9. The van der Waals surface area contributed by atoms with Crippen molar-refractivity contribution < 1.29 is 0 Å². The molecule has 0 saturated heterocycles. The van der Waals surface area contributed by atoms with Crippen LogP contribution in [0.25, 0.3) is 6.08 Å². The number of hydrogen-bond acceptors (Lipinski definition) is 2. The first-order valence-electron chi connectivity index (χ1n) is 3.94. The molecule has 0 amide bonds. The topological polar surface area (TPSA) is 12.0 Å². The van der Waals surface area contributed by atoms with Crippen molar-refractivity contribution in [3.05, 3.63) is 26.9 Å². The zero-order chi connectivity index (χ0) is 8.81. The normalized spacial score (nSPS) is 11.2. The number of rotatable bonds is 4. The van der Waals surface area contributed by atoms with Gasteiger partial charge in [-0.3, -0.25) is 0 Å². The lowest BCUT2D eigenvalue weighted by Gasteiger charge is -1.91. The average Bonchev–Trinajstić information content (AvgIpc) is 2.45. The van der Waals surface area contributed by atoms with Gasteiger partial charge in [0.15, 0.2) is 0 Å². The highest BCUT2D eigenvalue weighted by molar-refractivity contribution is 9.10. The van der Waals surface area contributed by atoms with Crippen LogP contribution in [0.5, 0.6) is 0 Å². The Morgan fingerprint density at radius 3 is 3.08 bits per heavy atom. The van der Waals surface area contributed by atoms with Gasteiger partial charge in [-0.2, -0.15) is 0 Å². The summed E-state index contributed by atoms with van der Waals surface area (Å²) in [6.45, 7) is 4.08. The third-order valence-corrected chi connectivity index (χ3v) is 3.04. The SMILES string of the molecule is CCNCC=Cc1cc(Br)cs1. The van der Waals surface area contributed by atoms with Gasteiger partial charge in [0.25, 0.3) is 0 Å². The summed E-state index contributed by atoms with van der Waals surface area (Å²) in [5.74, 6) is 0. The highest BCUT2D eigenvalue weighted by Gasteiger charge is 1.90. The molecule has 0 fully saturated rings. The van der Waals surface area contributed by atoms with Crippen LogP contribution in [0.2, 0.25) is 0 Å². The zero-order valence-electron chi connectivity index (χ0n) is 7.01. The van der Waals surface area contributed by atoms with Crippen LogP contribution in [0.15, 0.2) is 22.0 Å². The molecule has 1 aromatic rings. The van der Waals surface area contributed by atoms with Crippen LogP contribution in [-0.4, -0.2) is 13.1 Å². The number of hydrogen-bond donors (Lipinski definition) is 1. The van der Waals surface area contributed by atoms with E-state index in [0.717, 1.165) is 17.6 Å². The maximum atomic E-state index is 3.42. The Morgan fingerprint density at radius 1 is 1.67 bits per heavy atom. The van der Waals surface area contributed by atoms with Gasteiger partial charge in [-0.25, -0.2) is 0 Å². The second-order valence-corrected chi connectivity index (χ2v) is 4.24. The summed E-state index contributed by atoms with van der Waals surface area (Å²) in [4.78, 5) is 1.29. The van der Waals surface area contributed by atoms with Crippen LogP contribution in [0, 0.1) is 0 Å². The van der Waals surface area contributed by atoms with E-state index >= 15 is 0 Å². The van der Waals surface area contributed by atoms with E-state index in [1.807, 2.05) is 0 Å². The third-order valence-electron chi connectivity index (χ3n) is 1.38. The van der Waals surface area contributed by atoms with Crippen LogP contribution < -0.4 is 5.32 Å². The molecule has 66 valence electrons. The Labute approximate surface area is 85.6 Å². The summed E-state index contributed by atoms with van der Waals surface area (Å²) >= 11 is 5.16. The van der Waals surface area contributed by atoms with Crippen molar-refractivity contribution in [1.82, 2.24) is 5.32 Å². The number of halogens is 1. The van der Waals surface area contributed by atoms with E-state index in [0.29, 0.717) is 0 Å². The Balaban J connectivity index is 2.36. The van der Waals surface area contributed by atoms with Gasteiger partial charge in [0, 0.05) is 21.3 Å². The van der Waals surface area contributed by atoms with Crippen molar-refractivity contribution >= 4 is 33.3 Å². The van der Waals surface area contributed by atoms with Gasteiger partial charge in [-0.05, 0) is 34.6 Å². The molecule has 0 bridgehead atoms. The fourth-order valence-electron chi connectivity index (χ4n) is 0.818. The highest BCUT2D eigenvalue weighted by Crippen LogP contribution is 2.20. The Kier molecular flexibility index (Phi) is 4.58. The summed E-state index contributed by atoms with van der Waals surface area (Å²) in [6.07, 6.45) is 4.28. The molecule has 1 heterocycles. The summed E-state index contributed by atoms with van der Waals surface area (Å²) in [7, 11) is 0. The Morgan fingerprint density at radius 2 is 2.50 bits per heavy atom. The van der Waals surface area contributed by atoms with E-state index in [4.69, 9.17) is 0 Å². The first kappa shape index (κ1) is 9.96. The first-order valence-corrected chi connectivity index (χ1v) is 5.61. The van der Waals surface area contributed by atoms with Gasteiger partial charge < -0.3 is 5.32 Å². The lowest BCUT2D eigenvalue weighted by atomic mass is 10.4. The molecule has 0 aromatic carbocycles. The number of likely N-dealkylation sites (N-methyl/N-ethyl adjacent to an activating group) is 1. The molecule has 0 unspecified atom stereocenters. The fraction of sp³-hybridized carbons (Fsp3) is 0.333. The summed E-state index contributed by atoms with van der Waals surface area (Å²) in [5.41, 5.74) is 0. The molecule has 0 atom stereocenters. The largest absolute Gasteiger partial charge is 0.314 e. The minimum absolute atomic E-state index is 0.950. The standard InChI is InChI=1S/C9H12BrNS/c1-2-11-5-3-4-9-6-8(10)7-12-9/h3-4,6-7,11H,2,5H2,1H3. The lowest BCUT2D eigenvalue weighted by molar-refractivity contribution is 0.801. The maximum Gasteiger partial charge on any atom is 0.0288 e. The molecule has 0 aliphatic rings. The summed E-state index contributed by atoms with van der Waals surface area (Å²) in [5, 5.41) is 5.32. The van der Waals surface area contributed by atoms with Gasteiger partial charge in [0.2, 0.25) is 0 Å². The molecule has 0 saturated carbocycles. The van der Waals surface area contributed by atoms with Gasteiger partial charge in [-0.1, -0.05) is 13.0 Å². The van der Waals surface area contributed by atoms with E-state index < -0.39 is 0 Å². The quantitative estimate of drug-likeness (QED) is 0.805. The van der Waals surface area contributed by atoms with Crippen LogP contribution >= 0.6 is 27.3 Å². The maximum absolute atomic E-state index is 3.42. The Hall–Kier alpha value is -0.120. The molecular weight excluding hydrogens is 234 g/mol. The van der Waals surface area contributed by atoms with Gasteiger partial charge in [0.1, 0.15) is 0 Å². The first-order chi connectivity index (χ1) is 5.83. The Bertz CT molecular complexity index is 255. The van der Waals surface area contributed by atoms with Crippen molar-refractivity contribution in [2.45, 2.75) is 6.92 Å². The van der Waals surface area contributed by atoms with Crippen molar-refractivity contribution in [3.63, 3.8) is 0 Å². The van der Waals surface area contributed by atoms with E-state index in [9.17, 15) is 0 Å². The lowest BCUT2D eigenvalue weighted by Crippen LogP contribution is -2.11. The van der Waals surface area contributed by atoms with E-state index in [1.54, 1.807) is 11.3 Å². The monoisotopic (exact) mass is 245 g/mol. The molecule has 12 heavy (non-hydrogen) atoms. The molecule has 1 rings (SSSR count). The molecule has 1 N–H and O–H groups in total. The van der Waals surface area contributed by atoms with Crippen molar-refractivity contribution in [1.29, 1.82) is 0 Å². The van der Waals surface area contributed by atoms with Crippen LogP contribution in [-0.2, 0) is 0 Å². The molecule has 3 heteroatoms. The van der Waals surface area contributed by atoms with Gasteiger partial charge >= 0.3 is 0 Å². The van der Waals surface area contributed by atoms with E-state index in [-0.39, 0.29) is 0 Å². The fourth-order valence-corrected chi connectivity index (χ4v) is 2.18. The zero-order valence-corrected chi connectivity index (χ0v) is 9.41. The predicted molar refractivity (Wildman–Crippen MR) is 59.6 cm³/mol. The minimum Gasteiger partial charge on any atom is -0.314 e. The van der Waals surface area contributed by atoms with Crippen molar-refractivity contribution in [2.24, 2.45) is 0 Å². The third kappa shape index (κ3) is 3.52. The molecule has 0 radical (unpaired) electrons. The predicted octanol–water partition coefficient (Wildman–Crippen LogP) is 3.13. The van der Waals surface area contributed by atoms with Crippen LogP contribution in [0.1, 0.15) is 11.8 Å². The minimum atomic E-state index is 0.950. The van der Waals surface area contributed by atoms with Crippen molar-refractivity contribution in [3.8, 4) is 0 Å². The smallest absolute Gasteiger partial charge is 0.0288 e. The summed E-state index contributed by atoms with van der Waals surface area (Å²) in [6, 6.07) is 2.12. The second kappa shape index (κ2) is 5.51. The number of nitrogens with one attached hydrogen (secondary N) is 1. The average molecular weight is 246 g/mol. The molecule has 0 aliphatic heterocycles. The molecule has 0 aliphatic carbocycles. The molecule has 1 aromatic heterocycles. The van der Waals surface area contributed by atoms with Crippen LogP contribution in [0.4, 0.5) is 0 Å². The molecular formula is C9H12BrNS. The van der Waals surface area contributed by atoms with E-state index in [2.05, 4.69) is 51.8 Å². The van der Waals surface area contributed by atoms with Gasteiger partial charge in [0.05, 0.1) is 0 Å². The summed E-state index contributed by atoms with van der Waals surface area (Å²) < 4.78 is 1.16.